The van der Waals surface area contributed by atoms with Gasteiger partial charge in [-0.05, 0) is 19.8 Å². The van der Waals surface area contributed by atoms with Crippen molar-refractivity contribution in [3.63, 3.8) is 0 Å². The van der Waals surface area contributed by atoms with Crippen molar-refractivity contribution in [3.05, 3.63) is 0 Å². The van der Waals surface area contributed by atoms with Gasteiger partial charge >= 0.3 is 5.97 Å². The molecule has 0 amide bonds. The summed E-state index contributed by atoms with van der Waals surface area (Å²) in [7, 11) is 0. The lowest BCUT2D eigenvalue weighted by Crippen LogP contribution is -2.59. The first kappa shape index (κ1) is 12.5. The maximum Gasteiger partial charge on any atom is 0.332 e. The Labute approximate surface area is 91.3 Å². The topological polar surface area (TPSA) is 47.6 Å². The summed E-state index contributed by atoms with van der Waals surface area (Å²) < 4.78 is 10.7. The zero-order chi connectivity index (χ0) is 11.5. The summed E-state index contributed by atoms with van der Waals surface area (Å²) >= 11 is 0. The van der Waals surface area contributed by atoms with Crippen LogP contribution in [0.3, 0.4) is 0 Å². The van der Waals surface area contributed by atoms with Crippen LogP contribution in [0.4, 0.5) is 0 Å². The van der Waals surface area contributed by atoms with E-state index in [0.717, 1.165) is 13.1 Å². The predicted octanol–water partition coefficient (Wildman–Crippen LogP) is 0.953. The highest BCUT2D eigenvalue weighted by Gasteiger charge is 2.33. The summed E-state index contributed by atoms with van der Waals surface area (Å²) in [6.07, 6.45) is -0.0478. The monoisotopic (exact) mass is 215 g/mol. The molecule has 1 heterocycles. The van der Waals surface area contributed by atoms with E-state index in [4.69, 9.17) is 9.47 Å². The molecule has 0 aromatic carbocycles. The quantitative estimate of drug-likeness (QED) is 0.694. The first-order valence-electron chi connectivity index (χ1n) is 5.47. The lowest BCUT2D eigenvalue weighted by molar-refractivity contribution is -0.164. The molecule has 1 aliphatic heterocycles. The molecule has 1 N–H and O–H groups in total. The molecule has 0 saturated carbocycles. The normalized spacial score (nSPS) is 20.9. The van der Waals surface area contributed by atoms with E-state index in [1.165, 1.54) is 0 Å². The molecule has 88 valence electrons. The molecule has 15 heavy (non-hydrogen) atoms. The number of hydrogen-bond donors (Lipinski definition) is 1. The molecule has 0 bridgehead atoms. The highest BCUT2D eigenvalue weighted by Crippen LogP contribution is 2.15. The van der Waals surface area contributed by atoms with Gasteiger partial charge in [-0.3, -0.25) is 0 Å². The van der Waals surface area contributed by atoms with Gasteiger partial charge in [0.2, 0.25) is 0 Å². The highest BCUT2D eigenvalue weighted by molar-refractivity contribution is 5.71. The zero-order valence-corrected chi connectivity index (χ0v) is 10.0. The molecular weight excluding hydrogens is 194 g/mol. The molecule has 1 atom stereocenters. The van der Waals surface area contributed by atoms with Crippen LogP contribution in [0.5, 0.6) is 0 Å². The van der Waals surface area contributed by atoms with Crippen molar-refractivity contribution in [1.82, 2.24) is 5.32 Å². The summed E-state index contributed by atoms with van der Waals surface area (Å²) in [4.78, 5) is 11.4. The Hall–Kier alpha value is -0.610. The van der Waals surface area contributed by atoms with Gasteiger partial charge in [-0.2, -0.15) is 0 Å². The number of esters is 1. The van der Waals surface area contributed by atoms with Gasteiger partial charge in [-0.25, -0.2) is 4.79 Å². The molecule has 0 aromatic rings. The van der Waals surface area contributed by atoms with E-state index in [1.807, 2.05) is 27.7 Å². The van der Waals surface area contributed by atoms with Crippen molar-refractivity contribution in [2.24, 2.45) is 5.92 Å². The van der Waals surface area contributed by atoms with Crippen molar-refractivity contribution >= 4 is 5.97 Å². The molecule has 0 spiro atoms. The van der Waals surface area contributed by atoms with Crippen LogP contribution in [0.15, 0.2) is 0 Å². The number of nitrogens with one attached hydrogen (secondary N) is 1. The van der Waals surface area contributed by atoms with E-state index in [9.17, 15) is 4.79 Å². The van der Waals surface area contributed by atoms with Crippen molar-refractivity contribution in [1.29, 1.82) is 0 Å². The third-order valence-electron chi connectivity index (χ3n) is 2.79. The van der Waals surface area contributed by atoms with Gasteiger partial charge < -0.3 is 14.8 Å². The molecule has 1 rings (SSSR count). The minimum atomic E-state index is -0.274. The molecule has 4 heteroatoms. The van der Waals surface area contributed by atoms with Gasteiger partial charge in [0.15, 0.2) is 0 Å². The van der Waals surface area contributed by atoms with Gasteiger partial charge in [0.25, 0.3) is 0 Å². The van der Waals surface area contributed by atoms with Gasteiger partial charge in [0.05, 0.1) is 5.60 Å². The van der Waals surface area contributed by atoms with Crippen LogP contribution in [0.1, 0.15) is 27.7 Å². The average molecular weight is 215 g/mol. The van der Waals surface area contributed by atoms with Crippen molar-refractivity contribution < 1.29 is 14.3 Å². The van der Waals surface area contributed by atoms with Crippen LogP contribution in [0, 0.1) is 5.92 Å². The third-order valence-corrected chi connectivity index (χ3v) is 2.79. The second-order valence-corrected chi connectivity index (χ2v) is 4.78. The summed E-state index contributed by atoms with van der Waals surface area (Å²) in [5.41, 5.74) is -0.180. The van der Waals surface area contributed by atoms with Gasteiger partial charge in [0, 0.05) is 13.1 Å². The van der Waals surface area contributed by atoms with Crippen molar-refractivity contribution in [2.45, 2.75) is 39.4 Å². The largest absolute Gasteiger partial charge is 0.461 e. The van der Waals surface area contributed by atoms with E-state index >= 15 is 0 Å². The van der Waals surface area contributed by atoms with Gasteiger partial charge in [0.1, 0.15) is 12.7 Å². The lowest BCUT2D eigenvalue weighted by atomic mass is 10.0. The Morgan fingerprint density at radius 2 is 2.00 bits per heavy atom. The van der Waals surface area contributed by atoms with E-state index in [2.05, 4.69) is 5.32 Å². The lowest BCUT2D eigenvalue weighted by Gasteiger charge is -2.38. The van der Waals surface area contributed by atoms with Crippen LogP contribution < -0.4 is 5.32 Å². The molecule has 4 nitrogen and oxygen atoms in total. The number of carbonyl (C=O) groups is 1. The third kappa shape index (κ3) is 3.80. The standard InChI is InChI=1S/C11H21NO3/c1-8(2)9(3)15-10(13)5-14-11(4)6-12-7-11/h8-9,12H,5-7H2,1-4H3. The number of carbonyl (C=O) groups excluding carboxylic acids is 1. The Bertz CT molecular complexity index is 224. The number of ether oxygens (including phenoxy) is 2. The molecular formula is C11H21NO3. The summed E-state index contributed by atoms with van der Waals surface area (Å²) in [5, 5.41) is 3.11. The molecule has 0 radical (unpaired) electrons. The predicted molar refractivity (Wildman–Crippen MR) is 57.6 cm³/mol. The fourth-order valence-electron chi connectivity index (χ4n) is 1.19. The van der Waals surface area contributed by atoms with Crippen LogP contribution in [-0.4, -0.2) is 37.4 Å². The van der Waals surface area contributed by atoms with Gasteiger partial charge in [-0.15, -0.1) is 0 Å². The fourth-order valence-corrected chi connectivity index (χ4v) is 1.19. The average Bonchev–Trinajstić information content (AvgIpc) is 2.11. The second kappa shape index (κ2) is 4.94. The zero-order valence-electron chi connectivity index (χ0n) is 10.0. The van der Waals surface area contributed by atoms with E-state index in [1.54, 1.807) is 0 Å². The molecule has 1 fully saturated rings. The second-order valence-electron chi connectivity index (χ2n) is 4.78. The van der Waals surface area contributed by atoms with E-state index in [0.29, 0.717) is 5.92 Å². The molecule has 1 saturated heterocycles. The van der Waals surface area contributed by atoms with E-state index in [-0.39, 0.29) is 24.3 Å². The minimum Gasteiger partial charge on any atom is -0.461 e. The molecule has 0 aromatic heterocycles. The van der Waals surface area contributed by atoms with Crippen LogP contribution in [0.2, 0.25) is 0 Å². The first-order chi connectivity index (χ1) is 6.93. The van der Waals surface area contributed by atoms with Crippen LogP contribution in [-0.2, 0) is 14.3 Å². The van der Waals surface area contributed by atoms with Crippen LogP contribution >= 0.6 is 0 Å². The summed E-state index contributed by atoms with van der Waals surface area (Å²) in [6.45, 7) is 9.60. The maximum atomic E-state index is 11.4. The summed E-state index contributed by atoms with van der Waals surface area (Å²) in [5.74, 6) is 0.0687. The number of rotatable bonds is 5. The Balaban J connectivity index is 2.18. The van der Waals surface area contributed by atoms with Crippen molar-refractivity contribution in [3.8, 4) is 0 Å². The molecule has 1 aliphatic rings. The molecule has 0 aliphatic carbocycles. The van der Waals surface area contributed by atoms with Crippen molar-refractivity contribution in [2.75, 3.05) is 19.7 Å². The van der Waals surface area contributed by atoms with Crippen LogP contribution in [0.25, 0.3) is 0 Å². The Morgan fingerprint density at radius 3 is 2.40 bits per heavy atom. The van der Waals surface area contributed by atoms with Gasteiger partial charge in [-0.1, -0.05) is 13.8 Å². The molecule has 1 unspecified atom stereocenters. The Kier molecular flexibility index (Phi) is 4.11. The SMILES string of the molecule is CC(C)C(C)OC(=O)COC1(C)CNC1. The smallest absolute Gasteiger partial charge is 0.332 e. The Morgan fingerprint density at radius 1 is 1.40 bits per heavy atom. The maximum absolute atomic E-state index is 11.4. The minimum absolute atomic E-state index is 0.0478. The van der Waals surface area contributed by atoms with E-state index < -0.39 is 0 Å². The highest BCUT2D eigenvalue weighted by atomic mass is 16.6. The fraction of sp³-hybridized carbons (Fsp3) is 0.909. The summed E-state index contributed by atoms with van der Waals surface area (Å²) in [6, 6.07) is 0. The number of hydrogen-bond acceptors (Lipinski definition) is 4. The first-order valence-corrected chi connectivity index (χ1v) is 5.47.